The summed E-state index contributed by atoms with van der Waals surface area (Å²) >= 11 is 0. The number of carbonyl (C=O) groups is 1. The van der Waals surface area contributed by atoms with Gasteiger partial charge in [0.05, 0.1) is 0 Å². The molecule has 1 aliphatic carbocycles. The van der Waals surface area contributed by atoms with E-state index in [-0.39, 0.29) is 11.8 Å². The first-order valence-corrected chi connectivity index (χ1v) is 6.72. The number of carboxylic acids is 1. The zero-order valence-electron chi connectivity index (χ0n) is 11.7. The molecule has 0 aromatic carbocycles. The summed E-state index contributed by atoms with van der Waals surface area (Å²) in [6.07, 6.45) is 12.6. The van der Waals surface area contributed by atoms with Crippen LogP contribution in [0.3, 0.4) is 0 Å². The van der Waals surface area contributed by atoms with Crippen LogP contribution in [0.2, 0.25) is 0 Å². The molecule has 1 N–H and O–H groups in total. The average Bonchev–Trinajstić information content (AvgIpc) is 2.27. The van der Waals surface area contributed by atoms with E-state index in [1.807, 2.05) is 0 Å². The number of carboxylic acid groups (broad SMARTS) is 1. The van der Waals surface area contributed by atoms with Crippen molar-refractivity contribution in [3.63, 3.8) is 0 Å². The topological polar surface area (TPSA) is 37.3 Å². The Morgan fingerprint density at radius 1 is 1.39 bits per heavy atom. The minimum absolute atomic E-state index is 0.215. The Balaban J connectivity index is 2.69. The van der Waals surface area contributed by atoms with Crippen LogP contribution in [0.15, 0.2) is 35.5 Å². The summed E-state index contributed by atoms with van der Waals surface area (Å²) < 4.78 is 0. The SMILES string of the molecule is CCC(C)(C)/C1=C/C/C=C(/CCC(=O)O)C=CC1. The van der Waals surface area contributed by atoms with Crippen LogP contribution in [-0.2, 0) is 4.79 Å². The molecule has 2 nitrogen and oxygen atoms in total. The van der Waals surface area contributed by atoms with Crippen molar-refractivity contribution >= 4 is 5.97 Å². The number of hydrogen-bond donors (Lipinski definition) is 1. The molecule has 0 fully saturated rings. The molecule has 100 valence electrons. The summed E-state index contributed by atoms with van der Waals surface area (Å²) in [4.78, 5) is 10.6. The fourth-order valence-corrected chi connectivity index (χ4v) is 2.06. The summed E-state index contributed by atoms with van der Waals surface area (Å²) in [6, 6.07) is 0. The first-order chi connectivity index (χ1) is 8.45. The highest BCUT2D eigenvalue weighted by molar-refractivity contribution is 5.67. The third kappa shape index (κ3) is 4.52. The van der Waals surface area contributed by atoms with Gasteiger partial charge in [-0.25, -0.2) is 0 Å². The third-order valence-corrected chi connectivity index (χ3v) is 3.79. The van der Waals surface area contributed by atoms with Crippen LogP contribution in [0.1, 0.15) is 52.9 Å². The average molecular weight is 248 g/mol. The maximum absolute atomic E-state index is 10.6. The molecule has 0 amide bonds. The summed E-state index contributed by atoms with van der Waals surface area (Å²) in [6.45, 7) is 6.78. The van der Waals surface area contributed by atoms with Gasteiger partial charge in [-0.2, -0.15) is 0 Å². The van der Waals surface area contributed by atoms with Gasteiger partial charge in [-0.05, 0) is 31.1 Å². The molecule has 0 radical (unpaired) electrons. The first kappa shape index (κ1) is 14.7. The highest BCUT2D eigenvalue weighted by atomic mass is 16.4. The second-order valence-corrected chi connectivity index (χ2v) is 5.48. The quantitative estimate of drug-likeness (QED) is 0.728. The monoisotopic (exact) mass is 248 g/mol. The second kappa shape index (κ2) is 6.58. The molecule has 0 saturated heterocycles. The van der Waals surface area contributed by atoms with Crippen molar-refractivity contribution in [3.8, 4) is 0 Å². The normalized spacial score (nSPS) is 22.4. The number of aliphatic carboxylic acids is 1. The lowest BCUT2D eigenvalue weighted by Crippen LogP contribution is -2.13. The van der Waals surface area contributed by atoms with Gasteiger partial charge in [-0.15, -0.1) is 0 Å². The van der Waals surface area contributed by atoms with E-state index in [2.05, 4.69) is 45.1 Å². The molecule has 0 aromatic rings. The van der Waals surface area contributed by atoms with Gasteiger partial charge >= 0.3 is 5.97 Å². The molecular weight excluding hydrogens is 224 g/mol. The molecule has 2 heteroatoms. The van der Waals surface area contributed by atoms with E-state index < -0.39 is 5.97 Å². The molecule has 0 heterocycles. The standard InChI is InChI=1S/C16H24O2/c1-4-16(2,3)14-9-5-7-13(8-6-10-14)11-12-15(17)18/h5,7-8,10H,4,6,9,11-12H2,1-3H3,(H,17,18)/b7-5?,13-8+,14-10+. The van der Waals surface area contributed by atoms with E-state index in [0.29, 0.717) is 6.42 Å². The van der Waals surface area contributed by atoms with E-state index in [4.69, 9.17) is 5.11 Å². The van der Waals surface area contributed by atoms with E-state index in [1.165, 1.54) is 5.57 Å². The van der Waals surface area contributed by atoms with E-state index in [0.717, 1.165) is 24.8 Å². The Labute approximate surface area is 110 Å². The van der Waals surface area contributed by atoms with Crippen LogP contribution in [-0.4, -0.2) is 11.1 Å². The van der Waals surface area contributed by atoms with Crippen molar-refractivity contribution in [3.05, 3.63) is 35.5 Å². The van der Waals surface area contributed by atoms with Crippen molar-refractivity contribution in [2.24, 2.45) is 5.41 Å². The first-order valence-electron chi connectivity index (χ1n) is 6.72. The zero-order valence-corrected chi connectivity index (χ0v) is 11.7. The van der Waals surface area contributed by atoms with Gasteiger partial charge in [0.2, 0.25) is 0 Å². The fourth-order valence-electron chi connectivity index (χ4n) is 2.06. The summed E-state index contributed by atoms with van der Waals surface area (Å²) in [5.41, 5.74) is 2.88. The van der Waals surface area contributed by atoms with Crippen molar-refractivity contribution < 1.29 is 9.90 Å². The van der Waals surface area contributed by atoms with E-state index in [9.17, 15) is 4.79 Å². The second-order valence-electron chi connectivity index (χ2n) is 5.48. The Morgan fingerprint density at radius 3 is 2.72 bits per heavy atom. The summed E-state index contributed by atoms with van der Waals surface area (Å²) in [5, 5.41) is 8.69. The van der Waals surface area contributed by atoms with E-state index in [1.54, 1.807) is 0 Å². The van der Waals surface area contributed by atoms with Gasteiger partial charge < -0.3 is 5.11 Å². The van der Waals surface area contributed by atoms with Crippen LogP contribution in [0.4, 0.5) is 0 Å². The lowest BCUT2D eigenvalue weighted by molar-refractivity contribution is -0.136. The van der Waals surface area contributed by atoms with Crippen molar-refractivity contribution in [2.75, 3.05) is 0 Å². The van der Waals surface area contributed by atoms with Gasteiger partial charge in [0, 0.05) is 6.42 Å². The molecule has 0 saturated carbocycles. The highest BCUT2D eigenvalue weighted by Gasteiger charge is 2.19. The predicted molar refractivity (Wildman–Crippen MR) is 75.5 cm³/mol. The van der Waals surface area contributed by atoms with Crippen molar-refractivity contribution in [1.82, 2.24) is 0 Å². The Bertz CT molecular complexity index is 384. The van der Waals surface area contributed by atoms with Crippen molar-refractivity contribution in [2.45, 2.75) is 52.9 Å². The summed E-state index contributed by atoms with van der Waals surface area (Å²) in [7, 11) is 0. The zero-order chi connectivity index (χ0) is 13.6. The van der Waals surface area contributed by atoms with Crippen LogP contribution >= 0.6 is 0 Å². The Kier molecular flexibility index (Phi) is 5.39. The maximum atomic E-state index is 10.6. The van der Waals surface area contributed by atoms with Gasteiger partial charge in [-0.3, -0.25) is 4.79 Å². The maximum Gasteiger partial charge on any atom is 0.303 e. The lowest BCUT2D eigenvalue weighted by atomic mass is 9.79. The van der Waals surface area contributed by atoms with Crippen LogP contribution < -0.4 is 0 Å². The number of rotatable bonds is 5. The van der Waals surface area contributed by atoms with Crippen molar-refractivity contribution in [1.29, 1.82) is 0 Å². The van der Waals surface area contributed by atoms with Gasteiger partial charge in [0.15, 0.2) is 0 Å². The Hall–Kier alpha value is -1.31. The molecule has 0 aromatic heterocycles. The molecule has 0 aliphatic heterocycles. The molecular formula is C16H24O2. The minimum Gasteiger partial charge on any atom is -0.481 e. The molecule has 18 heavy (non-hydrogen) atoms. The Morgan fingerprint density at radius 2 is 2.11 bits per heavy atom. The van der Waals surface area contributed by atoms with Gasteiger partial charge in [-0.1, -0.05) is 56.2 Å². The minimum atomic E-state index is -0.727. The lowest BCUT2D eigenvalue weighted by Gasteiger charge is -2.26. The molecule has 0 unspecified atom stereocenters. The van der Waals surface area contributed by atoms with Gasteiger partial charge in [0.1, 0.15) is 0 Å². The molecule has 0 bridgehead atoms. The molecule has 1 rings (SSSR count). The van der Waals surface area contributed by atoms with E-state index >= 15 is 0 Å². The number of allylic oxidation sites excluding steroid dienone is 6. The van der Waals surface area contributed by atoms with Gasteiger partial charge in [0.25, 0.3) is 0 Å². The predicted octanol–water partition coefficient (Wildman–Crippen LogP) is 4.49. The molecule has 0 spiro atoms. The molecule has 0 atom stereocenters. The summed E-state index contributed by atoms with van der Waals surface area (Å²) in [5.74, 6) is -0.727. The number of hydrogen-bond acceptors (Lipinski definition) is 1. The van der Waals surface area contributed by atoms with Crippen LogP contribution in [0, 0.1) is 5.41 Å². The third-order valence-electron chi connectivity index (χ3n) is 3.79. The van der Waals surface area contributed by atoms with Crippen LogP contribution in [0.25, 0.3) is 0 Å². The smallest absolute Gasteiger partial charge is 0.303 e. The largest absolute Gasteiger partial charge is 0.481 e. The fraction of sp³-hybridized carbons (Fsp3) is 0.562. The highest BCUT2D eigenvalue weighted by Crippen LogP contribution is 2.33. The molecule has 1 aliphatic rings. The van der Waals surface area contributed by atoms with Crippen LogP contribution in [0.5, 0.6) is 0 Å².